The van der Waals surface area contributed by atoms with Crippen molar-refractivity contribution in [3.05, 3.63) is 12.7 Å². The van der Waals surface area contributed by atoms with Gasteiger partial charge in [0.15, 0.2) is 0 Å². The van der Waals surface area contributed by atoms with Crippen LogP contribution < -0.4 is 0 Å². The lowest BCUT2D eigenvalue weighted by Gasteiger charge is -2.03. The predicted octanol–water partition coefficient (Wildman–Crippen LogP) is -0.536. The first-order chi connectivity index (χ1) is 4.20. The molecule has 0 heterocycles. The molecular weight excluding hydrogens is 124 g/mol. The Labute approximate surface area is 52.4 Å². The van der Waals surface area contributed by atoms with Crippen molar-refractivity contribution >= 4 is 5.97 Å². The summed E-state index contributed by atoms with van der Waals surface area (Å²) in [5.41, 5.74) is 0. The fourth-order valence-electron chi connectivity index (χ4n) is 0.216. The molecule has 1 unspecified atom stereocenters. The van der Waals surface area contributed by atoms with Gasteiger partial charge in [-0.15, -0.1) is 0 Å². The molecule has 0 aromatic heterocycles. The van der Waals surface area contributed by atoms with Crippen molar-refractivity contribution in [3.8, 4) is 0 Å². The third-order valence-corrected chi connectivity index (χ3v) is 0.561. The van der Waals surface area contributed by atoms with E-state index in [4.69, 9.17) is 5.11 Å². The smallest absolute Gasteiger partial charge is 0.332 e. The number of hydrogen-bond acceptors (Lipinski definition) is 3. The summed E-state index contributed by atoms with van der Waals surface area (Å²) in [4.78, 5) is 10.1. The molecule has 0 aromatic rings. The van der Waals surface area contributed by atoms with Gasteiger partial charge in [-0.1, -0.05) is 6.58 Å². The van der Waals surface area contributed by atoms with Crippen LogP contribution in [0.2, 0.25) is 0 Å². The summed E-state index contributed by atoms with van der Waals surface area (Å²) >= 11 is 0. The summed E-state index contributed by atoms with van der Waals surface area (Å²) in [5, 5.41) is 18.1. The van der Waals surface area contributed by atoms with Gasteiger partial charge in [0.25, 0.3) is 0 Å². The minimum absolute atomic E-state index is 0.793. The molecular formula is C5H7O4. The third-order valence-electron chi connectivity index (χ3n) is 0.561. The normalized spacial score (nSPS) is 12.2. The van der Waals surface area contributed by atoms with Gasteiger partial charge in [0.05, 0.1) is 0 Å². The Kier molecular flexibility index (Phi) is 3.66. The fraction of sp³-hybridized carbons (Fsp3) is 0.400. The maximum Gasteiger partial charge on any atom is 0.332 e. The van der Waals surface area contributed by atoms with Crippen LogP contribution in [0.5, 0.6) is 0 Å². The predicted molar refractivity (Wildman–Crippen MR) is 27.8 cm³/mol. The zero-order valence-electron chi connectivity index (χ0n) is 4.74. The molecule has 51 valence electrons. The van der Waals surface area contributed by atoms with Gasteiger partial charge in [-0.25, -0.2) is 9.90 Å². The van der Waals surface area contributed by atoms with Crippen LogP contribution in [-0.4, -0.2) is 24.0 Å². The van der Waals surface area contributed by atoms with Gasteiger partial charge in [0.1, 0.15) is 6.61 Å². The Balaban J connectivity index is 3.46. The zero-order valence-corrected chi connectivity index (χ0v) is 4.74. The van der Waals surface area contributed by atoms with E-state index in [1.165, 1.54) is 0 Å². The van der Waals surface area contributed by atoms with Gasteiger partial charge in [-0.05, 0) is 0 Å². The minimum Gasteiger partial charge on any atom is -0.430 e. The van der Waals surface area contributed by atoms with Crippen LogP contribution in [0.15, 0.2) is 12.7 Å². The molecule has 4 heteroatoms. The number of carbonyl (C=O) groups excluding carboxylic acids is 1. The highest BCUT2D eigenvalue weighted by Gasteiger charge is 2.05. The van der Waals surface area contributed by atoms with Crippen molar-refractivity contribution in [2.24, 2.45) is 0 Å². The lowest BCUT2D eigenvalue weighted by Crippen LogP contribution is -2.18. The number of aliphatic hydroxyl groups is 1. The summed E-state index contributed by atoms with van der Waals surface area (Å²) in [7, 11) is 0. The Hall–Kier alpha value is -0.870. The first kappa shape index (κ1) is 8.13. The molecule has 9 heavy (non-hydrogen) atoms. The maximum atomic E-state index is 10.1. The number of hydrogen-bond donors (Lipinski definition) is 1. The molecule has 1 radical (unpaired) electrons. The molecule has 0 aliphatic heterocycles. The van der Waals surface area contributed by atoms with Gasteiger partial charge < -0.3 is 9.84 Å². The monoisotopic (exact) mass is 131 g/mol. The Morgan fingerprint density at radius 2 is 2.44 bits per heavy atom. The summed E-state index contributed by atoms with van der Waals surface area (Å²) in [6.07, 6.45) is -0.672. The zero-order chi connectivity index (χ0) is 7.28. The second-order valence-electron chi connectivity index (χ2n) is 1.26. The quantitative estimate of drug-likeness (QED) is 0.318. The van der Waals surface area contributed by atoms with E-state index in [0.717, 1.165) is 6.08 Å². The van der Waals surface area contributed by atoms with Gasteiger partial charge in [-0.3, -0.25) is 0 Å². The number of esters is 1. The number of carbonyl (C=O) groups is 1. The van der Waals surface area contributed by atoms with E-state index in [1.54, 1.807) is 0 Å². The van der Waals surface area contributed by atoms with Crippen LogP contribution in [-0.2, 0) is 14.6 Å². The third kappa shape index (κ3) is 3.69. The SMILES string of the molecule is C=CC(=O)OC(O)C[O]. The van der Waals surface area contributed by atoms with Crippen molar-refractivity contribution in [1.82, 2.24) is 0 Å². The fourth-order valence-corrected chi connectivity index (χ4v) is 0.216. The number of ether oxygens (including phenoxy) is 1. The van der Waals surface area contributed by atoms with Crippen molar-refractivity contribution in [2.75, 3.05) is 6.61 Å². The topological polar surface area (TPSA) is 66.4 Å². The average Bonchev–Trinajstić information content (AvgIpc) is 1.87. The minimum atomic E-state index is -1.55. The van der Waals surface area contributed by atoms with Crippen LogP contribution in [0.3, 0.4) is 0 Å². The lowest BCUT2D eigenvalue weighted by atomic mass is 10.6. The molecule has 0 saturated carbocycles. The van der Waals surface area contributed by atoms with Crippen LogP contribution in [0.25, 0.3) is 0 Å². The molecule has 0 aliphatic carbocycles. The maximum absolute atomic E-state index is 10.1. The van der Waals surface area contributed by atoms with E-state index in [-0.39, 0.29) is 0 Å². The van der Waals surface area contributed by atoms with Crippen LogP contribution >= 0.6 is 0 Å². The van der Waals surface area contributed by atoms with E-state index in [0.29, 0.717) is 0 Å². The van der Waals surface area contributed by atoms with Gasteiger partial charge >= 0.3 is 5.97 Å². The second-order valence-corrected chi connectivity index (χ2v) is 1.26. The van der Waals surface area contributed by atoms with Crippen molar-refractivity contribution in [1.29, 1.82) is 0 Å². The molecule has 0 aliphatic rings. The summed E-state index contributed by atoms with van der Waals surface area (Å²) < 4.78 is 4.03. The molecule has 0 bridgehead atoms. The number of rotatable bonds is 3. The summed E-state index contributed by atoms with van der Waals surface area (Å²) in [6.45, 7) is 2.21. The molecule has 0 amide bonds. The summed E-state index contributed by atoms with van der Waals surface area (Å²) in [5.74, 6) is -0.793. The molecule has 4 nitrogen and oxygen atoms in total. The molecule has 1 atom stereocenters. The first-order valence-corrected chi connectivity index (χ1v) is 2.30. The number of aliphatic hydroxyl groups excluding tert-OH is 1. The second kappa shape index (κ2) is 4.05. The van der Waals surface area contributed by atoms with Crippen molar-refractivity contribution in [2.45, 2.75) is 6.29 Å². The Morgan fingerprint density at radius 1 is 1.89 bits per heavy atom. The van der Waals surface area contributed by atoms with Gasteiger partial charge in [0.2, 0.25) is 6.29 Å². The van der Waals surface area contributed by atoms with E-state index in [9.17, 15) is 9.90 Å². The molecule has 0 rings (SSSR count). The van der Waals surface area contributed by atoms with E-state index >= 15 is 0 Å². The van der Waals surface area contributed by atoms with Crippen LogP contribution in [0.4, 0.5) is 0 Å². The summed E-state index contributed by atoms with van der Waals surface area (Å²) in [6, 6.07) is 0. The molecule has 0 saturated heterocycles. The van der Waals surface area contributed by atoms with E-state index in [2.05, 4.69) is 11.3 Å². The average molecular weight is 131 g/mol. The van der Waals surface area contributed by atoms with Crippen molar-refractivity contribution in [3.63, 3.8) is 0 Å². The standard InChI is InChI=1S/C5H7O4/c1-2-4(7)9-5(8)3-6/h2,5,8H,1,3H2. The molecule has 0 aromatic carbocycles. The Morgan fingerprint density at radius 3 is 2.78 bits per heavy atom. The van der Waals surface area contributed by atoms with Gasteiger partial charge in [-0.2, -0.15) is 0 Å². The lowest BCUT2D eigenvalue weighted by molar-refractivity contribution is -0.171. The molecule has 0 fully saturated rings. The Bertz CT molecular complexity index is 110. The first-order valence-electron chi connectivity index (χ1n) is 2.30. The highest BCUT2D eigenvalue weighted by molar-refractivity contribution is 5.81. The van der Waals surface area contributed by atoms with Crippen molar-refractivity contribution < 1.29 is 19.7 Å². The molecule has 1 N–H and O–H groups in total. The van der Waals surface area contributed by atoms with Crippen LogP contribution in [0, 0.1) is 0 Å². The van der Waals surface area contributed by atoms with Gasteiger partial charge in [0, 0.05) is 6.08 Å². The van der Waals surface area contributed by atoms with Crippen LogP contribution in [0.1, 0.15) is 0 Å². The van der Waals surface area contributed by atoms with E-state index in [1.807, 2.05) is 0 Å². The molecule has 0 spiro atoms. The van der Waals surface area contributed by atoms with E-state index < -0.39 is 18.9 Å². The highest BCUT2D eigenvalue weighted by Crippen LogP contribution is 1.86. The highest BCUT2D eigenvalue weighted by atomic mass is 16.6. The largest absolute Gasteiger partial charge is 0.430 e.